The fraction of sp³-hybridized carbons (Fsp3) is 0.304. The number of carbonyl (C=O) groups is 2. The Morgan fingerprint density at radius 1 is 1.00 bits per heavy atom. The number of benzene rings is 2. The lowest BCUT2D eigenvalue weighted by molar-refractivity contribution is 0.0826. The number of amides is 1. The van der Waals surface area contributed by atoms with Gasteiger partial charge in [-0.25, -0.2) is 0 Å². The number of carbonyl (C=O) groups excluding carboxylic acids is 2. The van der Waals surface area contributed by atoms with Gasteiger partial charge < -0.3 is 9.64 Å². The molecule has 0 aliphatic carbocycles. The Morgan fingerprint density at radius 3 is 2.26 bits per heavy atom. The summed E-state index contributed by atoms with van der Waals surface area (Å²) in [5.74, 6) is 0.0155. The van der Waals surface area contributed by atoms with Gasteiger partial charge in [-0.05, 0) is 42.7 Å². The van der Waals surface area contributed by atoms with Crippen molar-refractivity contribution >= 4 is 17.8 Å². The number of ketones is 1. The van der Waals surface area contributed by atoms with E-state index < -0.39 is 0 Å². The van der Waals surface area contributed by atoms with Crippen molar-refractivity contribution in [3.63, 3.8) is 0 Å². The van der Waals surface area contributed by atoms with E-state index in [2.05, 4.69) is 19.1 Å². The Balaban J connectivity index is 2.29. The smallest absolute Gasteiger partial charge is 0.253 e. The van der Waals surface area contributed by atoms with Crippen LogP contribution in [0.25, 0.3) is 6.08 Å². The molecule has 2 rings (SSSR count). The molecule has 0 unspecified atom stereocenters. The minimum absolute atomic E-state index is 0.0951. The average molecular weight is 365 g/mol. The minimum Gasteiger partial charge on any atom is -0.490 e. The van der Waals surface area contributed by atoms with E-state index in [1.165, 1.54) is 10.5 Å². The quantitative estimate of drug-likeness (QED) is 0.390. The molecule has 142 valence electrons. The molecule has 0 aromatic heterocycles. The molecule has 1 amide bonds. The average Bonchev–Trinajstić information content (AvgIpc) is 2.67. The summed E-state index contributed by atoms with van der Waals surface area (Å²) in [5, 5.41) is 0. The Kier molecular flexibility index (Phi) is 7.35. The zero-order valence-corrected chi connectivity index (χ0v) is 16.5. The predicted molar refractivity (Wildman–Crippen MR) is 109 cm³/mol. The highest BCUT2D eigenvalue weighted by Crippen LogP contribution is 2.17. The predicted octanol–water partition coefficient (Wildman–Crippen LogP) is 4.60. The maximum Gasteiger partial charge on any atom is 0.253 e. The van der Waals surface area contributed by atoms with Crippen LogP contribution >= 0.6 is 0 Å². The molecular weight excluding hydrogens is 338 g/mol. The molecule has 2 aromatic carbocycles. The molecule has 0 aliphatic heterocycles. The number of hydrogen-bond donors (Lipinski definition) is 0. The van der Waals surface area contributed by atoms with Crippen LogP contribution in [0.4, 0.5) is 0 Å². The lowest BCUT2D eigenvalue weighted by atomic mass is 10.0. The molecule has 0 spiro atoms. The molecule has 27 heavy (non-hydrogen) atoms. The topological polar surface area (TPSA) is 46.6 Å². The highest BCUT2D eigenvalue weighted by molar-refractivity contribution is 6.10. The van der Waals surface area contributed by atoms with Gasteiger partial charge in [-0.2, -0.15) is 0 Å². The van der Waals surface area contributed by atoms with Crippen LogP contribution in [0.5, 0.6) is 0 Å². The molecule has 0 N–H and O–H groups in total. The van der Waals surface area contributed by atoms with Crippen LogP contribution in [0.1, 0.15) is 52.1 Å². The number of aryl methyl sites for hydroxylation is 1. The minimum atomic E-state index is -0.193. The van der Waals surface area contributed by atoms with E-state index in [9.17, 15) is 9.59 Å². The molecule has 0 fully saturated rings. The highest BCUT2D eigenvalue weighted by atomic mass is 16.5. The van der Waals surface area contributed by atoms with Crippen molar-refractivity contribution in [3.8, 4) is 0 Å². The van der Waals surface area contributed by atoms with Crippen LogP contribution in [0.15, 0.2) is 54.3 Å². The first-order valence-corrected chi connectivity index (χ1v) is 9.26. The fourth-order valence-electron chi connectivity index (χ4n) is 2.77. The summed E-state index contributed by atoms with van der Waals surface area (Å²) >= 11 is 0. The Hall–Kier alpha value is -2.88. The third-order valence-electron chi connectivity index (χ3n) is 4.11. The second-order valence-electron chi connectivity index (χ2n) is 6.54. The van der Waals surface area contributed by atoms with E-state index in [4.69, 9.17) is 4.74 Å². The zero-order valence-electron chi connectivity index (χ0n) is 16.5. The number of nitrogens with zero attached hydrogens (tertiary/aromatic N) is 1. The summed E-state index contributed by atoms with van der Waals surface area (Å²) < 4.78 is 5.61. The molecule has 0 atom stereocenters. The van der Waals surface area contributed by atoms with E-state index in [1.807, 2.05) is 19.1 Å². The van der Waals surface area contributed by atoms with Gasteiger partial charge >= 0.3 is 0 Å². The third-order valence-corrected chi connectivity index (χ3v) is 4.11. The maximum absolute atomic E-state index is 12.9. The van der Waals surface area contributed by atoms with E-state index in [-0.39, 0.29) is 11.7 Å². The van der Waals surface area contributed by atoms with Crippen molar-refractivity contribution in [3.05, 3.63) is 76.5 Å². The molecular formula is C23H27NO3. The van der Waals surface area contributed by atoms with Gasteiger partial charge in [-0.15, -0.1) is 0 Å². The van der Waals surface area contributed by atoms with Crippen LogP contribution in [-0.4, -0.2) is 37.3 Å². The Morgan fingerprint density at radius 2 is 1.67 bits per heavy atom. The molecule has 0 radical (unpaired) electrons. The first-order chi connectivity index (χ1) is 13.0. The number of ether oxygens (including phenoxy) is 1. The van der Waals surface area contributed by atoms with Crippen molar-refractivity contribution in [2.24, 2.45) is 0 Å². The standard InChI is InChI=1S/C23H27NO3/c1-5-8-17-9-7-10-18(15-17)16-21(27-6-2)22(25)19-11-13-20(14-12-19)23(26)24(3)4/h7,9-16H,5-6,8H2,1-4H3. The zero-order chi connectivity index (χ0) is 19.8. The van der Waals surface area contributed by atoms with Crippen LogP contribution in [0.2, 0.25) is 0 Å². The fourth-order valence-corrected chi connectivity index (χ4v) is 2.77. The van der Waals surface area contributed by atoms with Gasteiger partial charge in [-0.3, -0.25) is 9.59 Å². The number of hydrogen-bond acceptors (Lipinski definition) is 3. The van der Waals surface area contributed by atoms with E-state index in [0.29, 0.717) is 23.5 Å². The summed E-state index contributed by atoms with van der Waals surface area (Å²) in [5.41, 5.74) is 3.22. The Bertz CT molecular complexity index is 820. The maximum atomic E-state index is 12.9. The number of Topliss-reactive ketones (excluding diaryl/α,β-unsaturated/α-hetero) is 1. The van der Waals surface area contributed by atoms with Crippen LogP contribution in [0, 0.1) is 0 Å². The highest BCUT2D eigenvalue weighted by Gasteiger charge is 2.15. The lowest BCUT2D eigenvalue weighted by Gasteiger charge is -2.11. The molecule has 0 saturated carbocycles. The van der Waals surface area contributed by atoms with E-state index in [0.717, 1.165) is 18.4 Å². The van der Waals surface area contributed by atoms with Crippen molar-refractivity contribution in [1.82, 2.24) is 4.90 Å². The van der Waals surface area contributed by atoms with E-state index in [1.54, 1.807) is 44.4 Å². The first kappa shape index (κ1) is 20.4. The molecule has 0 aliphatic rings. The van der Waals surface area contributed by atoms with Gasteiger partial charge in [0.15, 0.2) is 5.76 Å². The van der Waals surface area contributed by atoms with Crippen LogP contribution < -0.4 is 0 Å². The number of rotatable bonds is 8. The Labute approximate surface area is 161 Å². The van der Waals surface area contributed by atoms with E-state index >= 15 is 0 Å². The monoisotopic (exact) mass is 365 g/mol. The van der Waals surface area contributed by atoms with Gasteiger partial charge in [0.1, 0.15) is 0 Å². The van der Waals surface area contributed by atoms with Crippen molar-refractivity contribution in [1.29, 1.82) is 0 Å². The molecule has 0 heterocycles. The van der Waals surface area contributed by atoms with Gasteiger partial charge in [0.2, 0.25) is 5.78 Å². The van der Waals surface area contributed by atoms with Crippen LogP contribution in [0.3, 0.4) is 0 Å². The molecule has 2 aromatic rings. The van der Waals surface area contributed by atoms with Crippen molar-refractivity contribution < 1.29 is 14.3 Å². The SMILES string of the molecule is CCCc1cccc(C=C(OCC)C(=O)c2ccc(C(=O)N(C)C)cc2)c1. The van der Waals surface area contributed by atoms with Gasteiger partial charge in [0.05, 0.1) is 6.61 Å². The van der Waals surface area contributed by atoms with Gasteiger partial charge in [-0.1, -0.05) is 49.7 Å². The largest absolute Gasteiger partial charge is 0.490 e. The lowest BCUT2D eigenvalue weighted by Crippen LogP contribution is -2.21. The third kappa shape index (κ3) is 5.55. The molecule has 4 heteroatoms. The van der Waals surface area contributed by atoms with Gasteiger partial charge in [0, 0.05) is 25.2 Å². The second-order valence-corrected chi connectivity index (χ2v) is 6.54. The number of allylic oxidation sites excluding steroid dienone is 1. The molecule has 0 bridgehead atoms. The molecule has 4 nitrogen and oxygen atoms in total. The summed E-state index contributed by atoms with van der Waals surface area (Å²) in [6.07, 6.45) is 3.85. The summed E-state index contributed by atoms with van der Waals surface area (Å²) in [7, 11) is 3.40. The summed E-state index contributed by atoms with van der Waals surface area (Å²) in [4.78, 5) is 26.4. The van der Waals surface area contributed by atoms with Gasteiger partial charge in [0.25, 0.3) is 5.91 Å². The normalized spacial score (nSPS) is 11.2. The second kappa shape index (κ2) is 9.72. The van der Waals surface area contributed by atoms with Crippen molar-refractivity contribution in [2.75, 3.05) is 20.7 Å². The molecule has 0 saturated heterocycles. The van der Waals surface area contributed by atoms with Crippen LogP contribution in [-0.2, 0) is 11.2 Å². The summed E-state index contributed by atoms with van der Waals surface area (Å²) in [6.45, 7) is 4.40. The first-order valence-electron chi connectivity index (χ1n) is 9.26. The van der Waals surface area contributed by atoms with Crippen molar-refractivity contribution in [2.45, 2.75) is 26.7 Å². The summed E-state index contributed by atoms with van der Waals surface area (Å²) in [6, 6.07) is 14.8.